The van der Waals surface area contributed by atoms with Crippen LogP contribution in [0.4, 0.5) is 16.2 Å². The molecule has 0 heterocycles. The number of para-hydroxylation sites is 1. The molecule has 0 aliphatic carbocycles. The Labute approximate surface area is 176 Å². The summed E-state index contributed by atoms with van der Waals surface area (Å²) in [7, 11) is 0. The fraction of sp³-hybridized carbons (Fsp3) is 0.348. The molecule has 1 N–H and O–H groups in total. The molecule has 7 heteroatoms. The molecule has 158 valence electrons. The van der Waals surface area contributed by atoms with Crippen LogP contribution < -0.4 is 5.32 Å². The van der Waals surface area contributed by atoms with Crippen LogP contribution in [0, 0.1) is 22.0 Å². The molecule has 0 aromatic heterocycles. The fourth-order valence-corrected chi connectivity index (χ4v) is 2.39. The van der Waals surface area contributed by atoms with E-state index in [1.165, 1.54) is 6.07 Å². The summed E-state index contributed by atoms with van der Waals surface area (Å²) in [5.74, 6) is 6.06. The molecular formula is C23H26N2O5. The van der Waals surface area contributed by atoms with E-state index >= 15 is 0 Å². The molecule has 0 spiro atoms. The first kappa shape index (κ1) is 22.9. The number of nitro benzene ring substituents is 1. The second-order valence-electron chi connectivity index (χ2n) is 8.14. The van der Waals surface area contributed by atoms with E-state index in [4.69, 9.17) is 9.47 Å². The topological polar surface area (TPSA) is 90.7 Å². The van der Waals surface area contributed by atoms with Gasteiger partial charge in [0.15, 0.2) is 0 Å². The summed E-state index contributed by atoms with van der Waals surface area (Å²) < 4.78 is 11.0. The lowest BCUT2D eigenvalue weighted by molar-refractivity contribution is -0.386. The Bertz CT molecular complexity index is 964. The van der Waals surface area contributed by atoms with Crippen molar-refractivity contribution in [2.45, 2.75) is 52.4 Å². The van der Waals surface area contributed by atoms with Gasteiger partial charge in [0, 0.05) is 17.3 Å². The first-order chi connectivity index (χ1) is 14.0. The van der Waals surface area contributed by atoms with Crippen molar-refractivity contribution in [1.82, 2.24) is 0 Å². The van der Waals surface area contributed by atoms with Gasteiger partial charge in [-0.1, -0.05) is 24.0 Å². The van der Waals surface area contributed by atoms with Gasteiger partial charge in [-0.15, -0.1) is 0 Å². The van der Waals surface area contributed by atoms with Gasteiger partial charge in [0.25, 0.3) is 5.69 Å². The molecule has 0 saturated heterocycles. The number of benzene rings is 2. The number of hydrogen-bond acceptors (Lipinski definition) is 5. The van der Waals surface area contributed by atoms with Gasteiger partial charge in [-0.25, -0.2) is 4.79 Å². The third kappa shape index (κ3) is 7.57. The number of carbonyl (C=O) groups is 1. The van der Waals surface area contributed by atoms with Gasteiger partial charge in [-0.2, -0.15) is 0 Å². The van der Waals surface area contributed by atoms with Crippen LogP contribution in [0.1, 0.15) is 45.7 Å². The van der Waals surface area contributed by atoms with Gasteiger partial charge in [0.05, 0.1) is 17.1 Å². The molecule has 2 aromatic rings. The third-order valence-electron chi connectivity index (χ3n) is 3.81. The highest BCUT2D eigenvalue weighted by molar-refractivity contribution is 5.84. The molecular weight excluding hydrogens is 384 g/mol. The Kier molecular flexibility index (Phi) is 7.19. The van der Waals surface area contributed by atoms with Crippen molar-refractivity contribution < 1.29 is 19.2 Å². The zero-order chi connectivity index (χ0) is 22.4. The molecule has 30 heavy (non-hydrogen) atoms. The van der Waals surface area contributed by atoms with Crippen LogP contribution in [-0.4, -0.2) is 22.2 Å². The van der Waals surface area contributed by atoms with Crippen molar-refractivity contribution in [3.05, 3.63) is 69.8 Å². The monoisotopic (exact) mass is 410 g/mol. The van der Waals surface area contributed by atoms with E-state index < -0.39 is 22.2 Å². The zero-order valence-electron chi connectivity index (χ0n) is 17.8. The highest BCUT2D eigenvalue weighted by atomic mass is 16.6. The standard InChI is InChI=1S/C23H26N2O5/c1-22(2,3)30-21(26)24-19-12-10-17(11-13-19)14-15-23(4,5)29-16-18-8-6-7-9-20(18)25(27)28/h6-13H,16H2,1-5H3,(H,24,26). The van der Waals surface area contributed by atoms with Crippen LogP contribution >= 0.6 is 0 Å². The lowest BCUT2D eigenvalue weighted by Gasteiger charge is -2.19. The van der Waals surface area contributed by atoms with Crippen molar-refractivity contribution in [3.8, 4) is 11.8 Å². The maximum absolute atomic E-state index is 11.8. The number of rotatable bonds is 5. The summed E-state index contributed by atoms with van der Waals surface area (Å²) in [6.07, 6.45) is -0.522. The highest BCUT2D eigenvalue weighted by Crippen LogP contribution is 2.21. The predicted molar refractivity (Wildman–Crippen MR) is 115 cm³/mol. The van der Waals surface area contributed by atoms with Crippen molar-refractivity contribution in [1.29, 1.82) is 0 Å². The predicted octanol–water partition coefficient (Wildman–Crippen LogP) is 5.29. The van der Waals surface area contributed by atoms with Crippen molar-refractivity contribution in [2.75, 3.05) is 5.32 Å². The minimum atomic E-state index is -0.808. The van der Waals surface area contributed by atoms with Crippen molar-refractivity contribution in [3.63, 3.8) is 0 Å². The Morgan fingerprint density at radius 2 is 1.70 bits per heavy atom. The summed E-state index contributed by atoms with van der Waals surface area (Å²) in [5.41, 5.74) is 0.483. The van der Waals surface area contributed by atoms with Crippen LogP contribution in [0.5, 0.6) is 0 Å². The summed E-state index contributed by atoms with van der Waals surface area (Å²) >= 11 is 0. The van der Waals surface area contributed by atoms with E-state index in [1.54, 1.807) is 77.1 Å². The number of nitrogens with one attached hydrogen (secondary N) is 1. The number of anilines is 1. The Balaban J connectivity index is 1.99. The zero-order valence-corrected chi connectivity index (χ0v) is 17.8. The molecule has 0 radical (unpaired) electrons. The molecule has 1 amide bonds. The van der Waals surface area contributed by atoms with E-state index in [1.807, 2.05) is 0 Å². The molecule has 0 bridgehead atoms. The number of amides is 1. The number of hydrogen-bond donors (Lipinski definition) is 1. The molecule has 7 nitrogen and oxygen atoms in total. The van der Waals surface area contributed by atoms with Crippen molar-refractivity contribution >= 4 is 17.5 Å². The van der Waals surface area contributed by atoms with Crippen molar-refractivity contribution in [2.24, 2.45) is 0 Å². The molecule has 0 aliphatic rings. The molecule has 0 fully saturated rings. The fourth-order valence-electron chi connectivity index (χ4n) is 2.39. The highest BCUT2D eigenvalue weighted by Gasteiger charge is 2.19. The molecule has 0 atom stereocenters. The van der Waals surface area contributed by atoms with Gasteiger partial charge in [0.2, 0.25) is 0 Å². The average molecular weight is 410 g/mol. The number of carbonyl (C=O) groups excluding carboxylic acids is 1. The first-order valence-corrected chi connectivity index (χ1v) is 9.45. The molecule has 2 rings (SSSR count). The molecule has 2 aromatic carbocycles. The number of ether oxygens (including phenoxy) is 2. The Morgan fingerprint density at radius 1 is 1.07 bits per heavy atom. The lowest BCUT2D eigenvalue weighted by Crippen LogP contribution is -2.27. The maximum Gasteiger partial charge on any atom is 0.412 e. The van der Waals surface area contributed by atoms with Crippen LogP contribution in [0.25, 0.3) is 0 Å². The number of nitrogens with zero attached hydrogens (tertiary/aromatic N) is 1. The van der Waals surface area contributed by atoms with Crippen LogP contribution in [0.2, 0.25) is 0 Å². The minimum Gasteiger partial charge on any atom is -0.444 e. The molecule has 0 saturated carbocycles. The van der Waals surface area contributed by atoms with E-state index in [0.717, 1.165) is 5.56 Å². The molecule has 0 unspecified atom stereocenters. The Hall–Kier alpha value is -3.37. The quantitative estimate of drug-likeness (QED) is 0.411. The van der Waals surface area contributed by atoms with Crippen LogP contribution in [-0.2, 0) is 16.1 Å². The van der Waals surface area contributed by atoms with Crippen LogP contribution in [0.15, 0.2) is 48.5 Å². The largest absolute Gasteiger partial charge is 0.444 e. The van der Waals surface area contributed by atoms with Gasteiger partial charge in [-0.05, 0) is 65.0 Å². The van der Waals surface area contributed by atoms with E-state index in [0.29, 0.717) is 11.3 Å². The first-order valence-electron chi connectivity index (χ1n) is 9.45. The van der Waals surface area contributed by atoms with E-state index in [9.17, 15) is 14.9 Å². The smallest absolute Gasteiger partial charge is 0.412 e. The van der Waals surface area contributed by atoms with Gasteiger partial charge in [-0.3, -0.25) is 15.4 Å². The summed E-state index contributed by atoms with van der Waals surface area (Å²) in [4.78, 5) is 22.5. The van der Waals surface area contributed by atoms with Gasteiger partial charge in [0.1, 0.15) is 11.2 Å². The minimum absolute atomic E-state index is 0.0225. The van der Waals surface area contributed by atoms with Crippen LogP contribution in [0.3, 0.4) is 0 Å². The van der Waals surface area contributed by atoms with E-state index in [2.05, 4.69) is 17.2 Å². The second-order valence-corrected chi connectivity index (χ2v) is 8.14. The third-order valence-corrected chi connectivity index (χ3v) is 3.81. The maximum atomic E-state index is 11.8. The summed E-state index contributed by atoms with van der Waals surface area (Å²) in [5, 5.41) is 13.8. The molecule has 0 aliphatic heterocycles. The lowest BCUT2D eigenvalue weighted by atomic mass is 10.1. The SMILES string of the molecule is CC(C)(C)OC(=O)Nc1ccc(C#CC(C)(C)OCc2ccccc2[N+](=O)[O-])cc1. The van der Waals surface area contributed by atoms with E-state index in [-0.39, 0.29) is 12.3 Å². The van der Waals surface area contributed by atoms with Gasteiger partial charge >= 0.3 is 6.09 Å². The average Bonchev–Trinajstić information content (AvgIpc) is 2.64. The normalized spacial score (nSPS) is 11.2. The summed E-state index contributed by atoms with van der Waals surface area (Å²) in [6.45, 7) is 9.07. The second kappa shape index (κ2) is 9.42. The Morgan fingerprint density at radius 3 is 2.30 bits per heavy atom. The van der Waals surface area contributed by atoms with Gasteiger partial charge < -0.3 is 9.47 Å². The summed E-state index contributed by atoms with van der Waals surface area (Å²) in [6, 6.07) is 13.5. The number of nitro groups is 1.